The Morgan fingerprint density at radius 1 is 1.22 bits per heavy atom. The van der Waals surface area contributed by atoms with E-state index in [1.54, 1.807) is 12.1 Å². The van der Waals surface area contributed by atoms with Crippen molar-refractivity contribution in [3.05, 3.63) is 59.5 Å². The minimum atomic E-state index is -0.317. The molecule has 7 nitrogen and oxygen atoms in total. The van der Waals surface area contributed by atoms with Crippen LogP contribution in [0.3, 0.4) is 0 Å². The molecule has 36 heavy (non-hydrogen) atoms. The van der Waals surface area contributed by atoms with Crippen molar-refractivity contribution in [2.24, 2.45) is 0 Å². The zero-order valence-electron chi connectivity index (χ0n) is 20.3. The summed E-state index contributed by atoms with van der Waals surface area (Å²) in [4.78, 5) is 18.2. The van der Waals surface area contributed by atoms with E-state index in [1.165, 1.54) is 11.3 Å². The Balaban J connectivity index is 1.23. The molecule has 6 rings (SSSR count). The van der Waals surface area contributed by atoms with E-state index in [-0.39, 0.29) is 29.4 Å². The van der Waals surface area contributed by atoms with Gasteiger partial charge in [-0.15, -0.1) is 0 Å². The zero-order valence-corrected chi connectivity index (χ0v) is 21.2. The number of carbonyl (C=O) groups is 1. The van der Waals surface area contributed by atoms with Crippen LogP contribution in [0.1, 0.15) is 48.7 Å². The fraction of sp³-hybridized carbons (Fsp3) is 0.407. The summed E-state index contributed by atoms with van der Waals surface area (Å²) in [5, 5.41) is 6.55. The van der Waals surface area contributed by atoms with Crippen LogP contribution in [0.4, 0.5) is 4.39 Å². The van der Waals surface area contributed by atoms with Crippen LogP contribution >= 0.6 is 11.3 Å². The van der Waals surface area contributed by atoms with Crippen LogP contribution in [0.15, 0.2) is 42.6 Å². The number of carbonyl (C=O) groups excluding carboxylic acids is 1. The molecule has 188 valence electrons. The molecule has 1 unspecified atom stereocenters. The minimum absolute atomic E-state index is 0.0709. The molecule has 0 spiro atoms. The number of fused-ring (bicyclic) bond motifs is 3. The molecule has 2 saturated heterocycles. The van der Waals surface area contributed by atoms with Gasteiger partial charge in [-0.25, -0.2) is 9.37 Å². The number of nitrogens with one attached hydrogen (secondary N) is 2. The molecule has 9 heteroatoms. The van der Waals surface area contributed by atoms with Gasteiger partial charge in [0.25, 0.3) is 5.91 Å². The van der Waals surface area contributed by atoms with Crippen LogP contribution in [-0.4, -0.2) is 53.2 Å². The summed E-state index contributed by atoms with van der Waals surface area (Å²) >= 11 is 1.49. The van der Waals surface area contributed by atoms with Gasteiger partial charge in [0, 0.05) is 48.7 Å². The van der Waals surface area contributed by atoms with Crippen LogP contribution in [-0.2, 0) is 9.47 Å². The van der Waals surface area contributed by atoms with Gasteiger partial charge in [-0.1, -0.05) is 17.4 Å². The Bertz CT molecular complexity index is 1430. The van der Waals surface area contributed by atoms with E-state index in [0.29, 0.717) is 43.2 Å². The fourth-order valence-corrected chi connectivity index (χ4v) is 5.87. The number of hydrogen-bond acceptors (Lipinski definition) is 6. The second-order valence-electron chi connectivity index (χ2n) is 10.2. The lowest BCUT2D eigenvalue weighted by Gasteiger charge is -2.36. The molecule has 4 heterocycles. The lowest BCUT2D eigenvalue weighted by molar-refractivity contribution is -0.0230. The van der Waals surface area contributed by atoms with Crippen molar-refractivity contribution in [2.45, 2.75) is 44.4 Å². The summed E-state index contributed by atoms with van der Waals surface area (Å²) in [6.07, 6.45) is 3.36. The van der Waals surface area contributed by atoms with Crippen LogP contribution in [0.25, 0.3) is 26.4 Å². The van der Waals surface area contributed by atoms with Gasteiger partial charge in [0.1, 0.15) is 5.82 Å². The lowest BCUT2D eigenvalue weighted by Crippen LogP contribution is -2.50. The number of hydrogen-bond donors (Lipinski definition) is 2. The molecule has 2 aliphatic heterocycles. The Hall–Kier alpha value is -2.85. The van der Waals surface area contributed by atoms with Crippen LogP contribution in [0.5, 0.6) is 0 Å². The predicted octanol–water partition coefficient (Wildman–Crippen LogP) is 4.70. The highest BCUT2D eigenvalue weighted by molar-refractivity contribution is 7.23. The number of thiazole rings is 1. The van der Waals surface area contributed by atoms with E-state index in [9.17, 15) is 4.79 Å². The van der Waals surface area contributed by atoms with E-state index in [4.69, 9.17) is 14.5 Å². The third-order valence-electron chi connectivity index (χ3n) is 6.97. The maximum absolute atomic E-state index is 15.2. The number of imidazole rings is 1. The molecule has 2 aromatic carbocycles. The SMILES string of the molecule is CC1(C)COC(c2ccc(-c3cn4c(n3)sc3cc(C(=O)NC5CCOCC5)ccc34)c(F)c2)CN1. The van der Waals surface area contributed by atoms with Gasteiger partial charge in [-0.05, 0) is 62.6 Å². The molecule has 0 bridgehead atoms. The fourth-order valence-electron chi connectivity index (χ4n) is 4.82. The summed E-state index contributed by atoms with van der Waals surface area (Å²) in [5.41, 5.74) is 3.35. The van der Waals surface area contributed by atoms with E-state index in [0.717, 1.165) is 33.6 Å². The van der Waals surface area contributed by atoms with Gasteiger partial charge in [0.05, 0.1) is 28.6 Å². The van der Waals surface area contributed by atoms with Gasteiger partial charge in [-0.2, -0.15) is 0 Å². The third kappa shape index (κ3) is 4.52. The summed E-state index contributed by atoms with van der Waals surface area (Å²) in [7, 11) is 0. The summed E-state index contributed by atoms with van der Waals surface area (Å²) in [6.45, 7) is 6.76. The standard InChI is InChI=1S/C27H29FN4O3S/c1-27(2)15-35-23(13-29-27)16-3-5-19(20(28)11-16)21-14-32-22-6-4-17(12-24(22)36-26(32)31-21)25(33)30-18-7-9-34-10-8-18/h3-6,11-12,14,18,23,29H,7-10,13,15H2,1-2H3,(H,30,33). The number of aromatic nitrogens is 2. The summed E-state index contributed by atoms with van der Waals surface area (Å²) in [6, 6.07) is 11.1. The molecule has 2 N–H and O–H groups in total. The zero-order chi connectivity index (χ0) is 24.9. The highest BCUT2D eigenvalue weighted by Crippen LogP contribution is 2.33. The topological polar surface area (TPSA) is 76.9 Å². The van der Waals surface area contributed by atoms with Gasteiger partial charge >= 0.3 is 0 Å². The first kappa shape index (κ1) is 23.5. The van der Waals surface area contributed by atoms with Crippen LogP contribution in [0, 0.1) is 5.82 Å². The lowest BCUT2D eigenvalue weighted by atomic mass is 10.00. The van der Waals surface area contributed by atoms with E-state index in [1.807, 2.05) is 34.9 Å². The van der Waals surface area contributed by atoms with Crippen molar-refractivity contribution in [3.63, 3.8) is 0 Å². The van der Waals surface area contributed by atoms with E-state index >= 15 is 4.39 Å². The average Bonchev–Trinajstić information content (AvgIpc) is 3.42. The van der Waals surface area contributed by atoms with Crippen molar-refractivity contribution in [2.75, 3.05) is 26.4 Å². The normalized spacial score (nSPS) is 20.7. The molecule has 1 amide bonds. The van der Waals surface area contributed by atoms with Crippen molar-refractivity contribution in [3.8, 4) is 11.3 Å². The van der Waals surface area contributed by atoms with Gasteiger partial charge < -0.3 is 20.1 Å². The van der Waals surface area contributed by atoms with Gasteiger partial charge in [0.2, 0.25) is 0 Å². The molecule has 0 radical (unpaired) electrons. The molecule has 4 aromatic rings. The summed E-state index contributed by atoms with van der Waals surface area (Å²) in [5.74, 6) is -0.388. The maximum atomic E-state index is 15.2. The molecule has 2 fully saturated rings. The van der Waals surface area contributed by atoms with Crippen LogP contribution in [0.2, 0.25) is 0 Å². The molecule has 0 aliphatic carbocycles. The number of nitrogens with zero attached hydrogens (tertiary/aromatic N) is 2. The number of amides is 1. The van der Waals surface area contributed by atoms with Crippen LogP contribution < -0.4 is 10.6 Å². The maximum Gasteiger partial charge on any atom is 0.251 e. The molecular formula is C27H29FN4O3S. The van der Waals surface area contributed by atoms with Crippen molar-refractivity contribution in [1.29, 1.82) is 0 Å². The second-order valence-corrected chi connectivity index (χ2v) is 11.2. The Morgan fingerprint density at radius 2 is 2.06 bits per heavy atom. The Labute approximate surface area is 212 Å². The van der Waals surface area contributed by atoms with E-state index < -0.39 is 0 Å². The van der Waals surface area contributed by atoms with Crippen molar-refractivity contribution < 1.29 is 18.7 Å². The second kappa shape index (κ2) is 9.23. The monoisotopic (exact) mass is 508 g/mol. The Kier molecular flexibility index (Phi) is 6.03. The van der Waals surface area contributed by atoms with Gasteiger partial charge in [0.15, 0.2) is 4.96 Å². The highest BCUT2D eigenvalue weighted by Gasteiger charge is 2.28. The first-order valence-corrected chi connectivity index (χ1v) is 13.1. The first-order valence-electron chi connectivity index (χ1n) is 12.3. The quantitative estimate of drug-likeness (QED) is 0.418. The molecule has 2 aromatic heterocycles. The molecular weight excluding hydrogens is 479 g/mol. The smallest absolute Gasteiger partial charge is 0.251 e. The molecule has 1 atom stereocenters. The first-order chi connectivity index (χ1) is 17.4. The number of ether oxygens (including phenoxy) is 2. The predicted molar refractivity (Wildman–Crippen MR) is 138 cm³/mol. The van der Waals surface area contributed by atoms with E-state index in [2.05, 4.69) is 24.5 Å². The number of rotatable bonds is 4. The Morgan fingerprint density at radius 3 is 2.81 bits per heavy atom. The number of benzene rings is 2. The molecule has 2 aliphatic rings. The largest absolute Gasteiger partial charge is 0.381 e. The van der Waals surface area contributed by atoms with Gasteiger partial charge in [-0.3, -0.25) is 9.20 Å². The summed E-state index contributed by atoms with van der Waals surface area (Å²) < 4.78 is 29.4. The minimum Gasteiger partial charge on any atom is -0.381 e. The van der Waals surface area contributed by atoms with Crippen molar-refractivity contribution >= 4 is 32.4 Å². The number of morpholine rings is 1. The van der Waals surface area contributed by atoms with Crippen molar-refractivity contribution in [1.82, 2.24) is 20.0 Å². The third-order valence-corrected chi connectivity index (χ3v) is 7.98. The molecule has 0 saturated carbocycles. The number of halogens is 1. The average molecular weight is 509 g/mol. The highest BCUT2D eigenvalue weighted by atomic mass is 32.1.